The Morgan fingerprint density at radius 1 is 0.854 bits per heavy atom. The van der Waals surface area contributed by atoms with Gasteiger partial charge >= 0.3 is 0 Å². The molecule has 3 rings (SSSR count). The fourth-order valence-corrected chi connectivity index (χ4v) is 5.25. The predicted octanol–water partition coefficient (Wildman–Crippen LogP) is 5.13. The van der Waals surface area contributed by atoms with Crippen molar-refractivity contribution in [1.82, 2.24) is 10.2 Å². The first-order chi connectivity index (χ1) is 19.3. The molecule has 2 amide bonds. The van der Waals surface area contributed by atoms with Crippen LogP contribution in [0.4, 0.5) is 10.1 Å². The van der Waals surface area contributed by atoms with Gasteiger partial charge in [-0.15, -0.1) is 0 Å². The van der Waals surface area contributed by atoms with Crippen molar-refractivity contribution in [1.29, 1.82) is 0 Å². The first kappa shape index (κ1) is 31.8. The van der Waals surface area contributed by atoms with Crippen molar-refractivity contribution in [3.63, 3.8) is 0 Å². The molecule has 0 aliphatic carbocycles. The quantitative estimate of drug-likeness (QED) is 0.303. The maximum absolute atomic E-state index is 14.1. The van der Waals surface area contributed by atoms with E-state index in [1.54, 1.807) is 24.3 Å². The highest BCUT2D eigenvalue weighted by atomic mass is 32.2. The van der Waals surface area contributed by atoms with Crippen LogP contribution in [-0.4, -0.2) is 50.5 Å². The summed E-state index contributed by atoms with van der Waals surface area (Å²) in [7, 11) is -3.85. The molecule has 1 N–H and O–H groups in total. The number of carbonyl (C=O) groups is 2. The minimum Gasteiger partial charge on any atom is -0.354 e. The summed E-state index contributed by atoms with van der Waals surface area (Å²) >= 11 is 0. The van der Waals surface area contributed by atoms with Crippen LogP contribution in [0, 0.1) is 11.7 Å². The van der Waals surface area contributed by atoms with E-state index in [1.807, 2.05) is 70.2 Å². The summed E-state index contributed by atoms with van der Waals surface area (Å²) in [5, 5.41) is 2.94. The third kappa shape index (κ3) is 9.42. The average Bonchev–Trinajstić information content (AvgIpc) is 2.93. The van der Waals surface area contributed by atoms with Gasteiger partial charge in [0.15, 0.2) is 0 Å². The lowest BCUT2D eigenvalue weighted by atomic mass is 10.0. The van der Waals surface area contributed by atoms with Crippen molar-refractivity contribution in [2.24, 2.45) is 5.92 Å². The Morgan fingerprint density at radius 3 is 2.00 bits per heavy atom. The molecule has 1 unspecified atom stereocenters. The lowest BCUT2D eigenvalue weighted by Crippen LogP contribution is -2.53. The van der Waals surface area contributed by atoms with Crippen molar-refractivity contribution in [3.05, 3.63) is 101 Å². The molecule has 0 saturated carbocycles. The minimum absolute atomic E-state index is 0.00436. The van der Waals surface area contributed by atoms with Crippen molar-refractivity contribution in [2.75, 3.05) is 23.7 Å². The summed E-state index contributed by atoms with van der Waals surface area (Å²) in [6, 6.07) is 21.2. The number of hydrogen-bond acceptors (Lipinski definition) is 4. The molecule has 0 radical (unpaired) electrons. The van der Waals surface area contributed by atoms with Gasteiger partial charge in [0.2, 0.25) is 21.8 Å². The molecule has 9 heteroatoms. The molecule has 0 aromatic heterocycles. The number of hydrogen-bond donors (Lipinski definition) is 1. The highest BCUT2D eigenvalue weighted by Gasteiger charge is 2.33. The molecule has 41 heavy (non-hydrogen) atoms. The summed E-state index contributed by atoms with van der Waals surface area (Å²) in [5.74, 6) is -0.868. The Morgan fingerprint density at radius 2 is 1.46 bits per heavy atom. The van der Waals surface area contributed by atoms with Gasteiger partial charge < -0.3 is 10.2 Å². The molecule has 7 nitrogen and oxygen atoms in total. The van der Waals surface area contributed by atoms with Crippen LogP contribution >= 0.6 is 0 Å². The van der Waals surface area contributed by atoms with Crippen LogP contribution in [0.1, 0.15) is 50.3 Å². The number of halogens is 1. The third-order valence-electron chi connectivity index (χ3n) is 6.75. The lowest BCUT2D eigenvalue weighted by Gasteiger charge is -2.33. The van der Waals surface area contributed by atoms with Crippen LogP contribution in [-0.2, 0) is 32.6 Å². The van der Waals surface area contributed by atoms with E-state index in [1.165, 1.54) is 17.0 Å². The average molecular weight is 582 g/mol. The molecule has 0 aliphatic heterocycles. The summed E-state index contributed by atoms with van der Waals surface area (Å²) < 4.78 is 40.6. The van der Waals surface area contributed by atoms with E-state index in [0.717, 1.165) is 21.7 Å². The molecule has 0 spiro atoms. The van der Waals surface area contributed by atoms with Gasteiger partial charge in [0, 0.05) is 19.5 Å². The summed E-state index contributed by atoms with van der Waals surface area (Å²) in [6.45, 7) is 7.94. The van der Waals surface area contributed by atoms with Crippen LogP contribution < -0.4 is 9.62 Å². The van der Waals surface area contributed by atoms with Crippen molar-refractivity contribution in [3.8, 4) is 0 Å². The summed E-state index contributed by atoms with van der Waals surface area (Å²) in [6.07, 6.45) is 1.28. The molecule has 0 fully saturated rings. The maximum Gasteiger partial charge on any atom is 0.244 e. The van der Waals surface area contributed by atoms with Gasteiger partial charge in [0.05, 0.1) is 11.9 Å². The number of rotatable bonds is 13. The van der Waals surface area contributed by atoms with E-state index in [2.05, 4.69) is 5.32 Å². The van der Waals surface area contributed by atoms with Crippen molar-refractivity contribution >= 4 is 27.5 Å². The van der Waals surface area contributed by atoms with E-state index in [-0.39, 0.29) is 30.7 Å². The maximum atomic E-state index is 14.1. The fourth-order valence-electron chi connectivity index (χ4n) is 4.40. The number of nitrogens with zero attached hydrogens (tertiary/aromatic N) is 2. The number of amides is 2. The Labute approximate surface area is 243 Å². The molecule has 1 atom stereocenters. The van der Waals surface area contributed by atoms with Gasteiger partial charge in [-0.1, -0.05) is 82.3 Å². The Balaban J connectivity index is 2.03. The van der Waals surface area contributed by atoms with Crippen LogP contribution in [0.25, 0.3) is 0 Å². The number of anilines is 1. The third-order valence-corrected chi connectivity index (χ3v) is 7.89. The number of benzene rings is 3. The molecular formula is C32H40FN3O4S. The van der Waals surface area contributed by atoms with Gasteiger partial charge in [-0.25, -0.2) is 12.8 Å². The molecule has 0 saturated heterocycles. The zero-order valence-electron chi connectivity index (χ0n) is 24.4. The normalized spacial score (nSPS) is 12.3. The number of nitrogens with one attached hydrogen (secondary N) is 1. The largest absolute Gasteiger partial charge is 0.354 e. The molecule has 220 valence electrons. The first-order valence-corrected chi connectivity index (χ1v) is 15.6. The zero-order chi connectivity index (χ0) is 30.2. The van der Waals surface area contributed by atoms with Crippen LogP contribution in [0.5, 0.6) is 0 Å². The predicted molar refractivity (Wildman–Crippen MR) is 161 cm³/mol. The Bertz CT molecular complexity index is 1390. The number of sulfonamides is 1. The van der Waals surface area contributed by atoms with Crippen LogP contribution in [0.3, 0.4) is 0 Å². The standard InChI is InChI=1S/C32H40FN3O4S/c1-23(2)20-34-32(38)30(19-25-9-7-6-8-10-25)35(21-26-11-15-28(33)16-12-26)31(37)22-36(41(5,39)40)29-17-13-27(14-18-29)24(3)4/h6-18,23-24,30H,19-22H2,1-5H3,(H,34,38). The summed E-state index contributed by atoms with van der Waals surface area (Å²) in [4.78, 5) is 29.1. The van der Waals surface area contributed by atoms with E-state index >= 15 is 0 Å². The lowest BCUT2D eigenvalue weighted by molar-refractivity contribution is -0.140. The highest BCUT2D eigenvalue weighted by molar-refractivity contribution is 7.92. The second-order valence-electron chi connectivity index (χ2n) is 11.0. The van der Waals surface area contributed by atoms with Gasteiger partial charge in [-0.2, -0.15) is 0 Å². The van der Waals surface area contributed by atoms with Gasteiger partial charge in [-0.3, -0.25) is 13.9 Å². The fraction of sp³-hybridized carbons (Fsp3) is 0.375. The second-order valence-corrected chi connectivity index (χ2v) is 12.9. The smallest absolute Gasteiger partial charge is 0.244 e. The van der Waals surface area contributed by atoms with Crippen molar-refractivity contribution in [2.45, 2.75) is 52.6 Å². The second kappa shape index (κ2) is 14.3. The monoisotopic (exact) mass is 581 g/mol. The molecule has 0 heterocycles. The molecule has 0 bridgehead atoms. The minimum atomic E-state index is -3.85. The van der Waals surface area contributed by atoms with Crippen LogP contribution in [0.15, 0.2) is 78.9 Å². The highest BCUT2D eigenvalue weighted by Crippen LogP contribution is 2.23. The number of carbonyl (C=O) groups excluding carboxylic acids is 2. The van der Waals surface area contributed by atoms with E-state index in [4.69, 9.17) is 0 Å². The van der Waals surface area contributed by atoms with Gasteiger partial charge in [-0.05, 0) is 52.8 Å². The van der Waals surface area contributed by atoms with Gasteiger partial charge in [0.25, 0.3) is 0 Å². The van der Waals surface area contributed by atoms with Crippen LogP contribution in [0.2, 0.25) is 0 Å². The SMILES string of the molecule is CC(C)CNC(=O)C(Cc1ccccc1)N(Cc1ccc(F)cc1)C(=O)CN(c1ccc(C(C)C)cc1)S(C)(=O)=O. The summed E-state index contributed by atoms with van der Waals surface area (Å²) in [5.41, 5.74) is 2.85. The Hall–Kier alpha value is -3.72. The van der Waals surface area contributed by atoms with Crippen molar-refractivity contribution < 1.29 is 22.4 Å². The molecule has 0 aliphatic rings. The van der Waals surface area contributed by atoms with E-state index in [9.17, 15) is 22.4 Å². The Kier molecular flexibility index (Phi) is 11.1. The van der Waals surface area contributed by atoms with E-state index in [0.29, 0.717) is 17.8 Å². The zero-order valence-corrected chi connectivity index (χ0v) is 25.2. The van der Waals surface area contributed by atoms with E-state index < -0.39 is 34.3 Å². The topological polar surface area (TPSA) is 86.8 Å². The molecular weight excluding hydrogens is 541 g/mol. The first-order valence-electron chi connectivity index (χ1n) is 13.8. The molecule has 3 aromatic carbocycles. The molecule has 3 aromatic rings. The van der Waals surface area contributed by atoms with Gasteiger partial charge in [0.1, 0.15) is 18.4 Å².